The van der Waals surface area contributed by atoms with Gasteiger partial charge in [-0.1, -0.05) is 47.5 Å². The second kappa shape index (κ2) is 11.7. The van der Waals surface area contributed by atoms with Gasteiger partial charge in [0, 0.05) is 13.1 Å². The van der Waals surface area contributed by atoms with Gasteiger partial charge in [-0.2, -0.15) is 0 Å². The molecule has 1 aromatic heterocycles. The molecule has 8 heteroatoms. The molecular formula is C20H37N5O3. The lowest BCUT2D eigenvalue weighted by Gasteiger charge is -2.28. The molecule has 0 saturated heterocycles. The molecule has 0 fully saturated rings. The van der Waals surface area contributed by atoms with Gasteiger partial charge in [0.25, 0.3) is 5.56 Å². The summed E-state index contributed by atoms with van der Waals surface area (Å²) in [6, 6.07) is 0. The average Bonchev–Trinajstić information content (AvgIpc) is 2.64. The molecule has 1 amide bonds. The molecule has 0 aliphatic rings. The van der Waals surface area contributed by atoms with Crippen LogP contribution in [0.5, 0.6) is 0 Å². The minimum atomic E-state index is -0.608. The summed E-state index contributed by atoms with van der Waals surface area (Å²) in [7, 11) is 0. The standard InChI is InChI=1S/C20H37N5O3/c1-6-9-11-23(8-3)14-16(26)24(12-10-7-2)17-18(21)25(13-15(4)5)20(28)22-19(17)27/h15H,6-14,21H2,1-5H3,(H,22,27,28). The van der Waals surface area contributed by atoms with Gasteiger partial charge in [-0.3, -0.25) is 24.0 Å². The van der Waals surface area contributed by atoms with Gasteiger partial charge in [-0.15, -0.1) is 0 Å². The molecule has 0 aliphatic heterocycles. The zero-order valence-electron chi connectivity index (χ0n) is 18.1. The molecule has 0 spiro atoms. The van der Waals surface area contributed by atoms with Crippen molar-refractivity contribution in [2.75, 3.05) is 36.8 Å². The first kappa shape index (κ1) is 23.9. The number of hydrogen-bond donors (Lipinski definition) is 2. The van der Waals surface area contributed by atoms with Crippen molar-refractivity contribution in [3.63, 3.8) is 0 Å². The number of nitrogens with two attached hydrogens (primary N) is 1. The van der Waals surface area contributed by atoms with Gasteiger partial charge in [0.05, 0.1) is 6.54 Å². The number of nitrogens with zero attached hydrogens (tertiary/aromatic N) is 3. The Balaban J connectivity index is 3.31. The molecule has 1 aromatic rings. The fourth-order valence-electron chi connectivity index (χ4n) is 3.07. The van der Waals surface area contributed by atoms with E-state index in [1.807, 2.05) is 27.7 Å². The SMILES string of the molecule is CCCCN(CC)CC(=O)N(CCCC)c1c(N)n(CC(C)C)c(=O)[nH]c1=O. The monoisotopic (exact) mass is 395 g/mol. The molecular weight excluding hydrogens is 358 g/mol. The largest absolute Gasteiger partial charge is 0.383 e. The fourth-order valence-corrected chi connectivity index (χ4v) is 3.07. The molecule has 0 aromatic carbocycles. The van der Waals surface area contributed by atoms with Gasteiger partial charge in [-0.25, -0.2) is 4.79 Å². The van der Waals surface area contributed by atoms with E-state index in [1.165, 1.54) is 9.47 Å². The van der Waals surface area contributed by atoms with Gasteiger partial charge in [0.15, 0.2) is 5.69 Å². The van der Waals surface area contributed by atoms with Crippen molar-refractivity contribution in [1.29, 1.82) is 0 Å². The van der Waals surface area contributed by atoms with Gasteiger partial charge in [0.1, 0.15) is 5.82 Å². The highest BCUT2D eigenvalue weighted by Gasteiger charge is 2.25. The van der Waals surface area contributed by atoms with Crippen LogP contribution in [0.2, 0.25) is 0 Å². The highest BCUT2D eigenvalue weighted by atomic mass is 16.2. The van der Waals surface area contributed by atoms with Gasteiger partial charge < -0.3 is 10.6 Å². The topological polar surface area (TPSA) is 104 Å². The molecule has 8 nitrogen and oxygen atoms in total. The van der Waals surface area contributed by atoms with E-state index in [0.717, 1.165) is 38.8 Å². The molecule has 0 saturated carbocycles. The smallest absolute Gasteiger partial charge is 0.330 e. The third-order valence-electron chi connectivity index (χ3n) is 4.70. The maximum Gasteiger partial charge on any atom is 0.330 e. The Hall–Kier alpha value is -2.09. The highest BCUT2D eigenvalue weighted by Crippen LogP contribution is 2.19. The van der Waals surface area contributed by atoms with Crippen molar-refractivity contribution in [2.45, 2.75) is 66.8 Å². The third kappa shape index (κ3) is 6.51. The van der Waals surface area contributed by atoms with Crippen molar-refractivity contribution < 1.29 is 4.79 Å². The number of amides is 1. The molecule has 28 heavy (non-hydrogen) atoms. The zero-order valence-corrected chi connectivity index (χ0v) is 18.1. The molecule has 0 atom stereocenters. The van der Waals surface area contributed by atoms with E-state index in [9.17, 15) is 14.4 Å². The van der Waals surface area contributed by atoms with Crippen LogP contribution in [0.15, 0.2) is 9.59 Å². The van der Waals surface area contributed by atoms with E-state index in [-0.39, 0.29) is 29.9 Å². The number of anilines is 2. The zero-order chi connectivity index (χ0) is 21.3. The molecule has 0 aliphatic carbocycles. The number of likely N-dealkylation sites (N-methyl/N-ethyl adjacent to an activating group) is 1. The summed E-state index contributed by atoms with van der Waals surface area (Å²) in [5.74, 6) is 0.0602. The number of unbranched alkanes of at least 4 members (excludes halogenated alkanes) is 2. The molecule has 0 bridgehead atoms. The average molecular weight is 396 g/mol. The first-order valence-electron chi connectivity index (χ1n) is 10.4. The number of carbonyl (C=O) groups is 1. The van der Waals surface area contributed by atoms with Crippen molar-refractivity contribution in [2.24, 2.45) is 5.92 Å². The van der Waals surface area contributed by atoms with Crippen LogP contribution in [-0.2, 0) is 11.3 Å². The number of hydrogen-bond acceptors (Lipinski definition) is 5. The van der Waals surface area contributed by atoms with E-state index >= 15 is 0 Å². The first-order chi connectivity index (χ1) is 13.3. The van der Waals surface area contributed by atoms with Crippen molar-refractivity contribution in [3.8, 4) is 0 Å². The van der Waals surface area contributed by atoms with Crippen LogP contribution in [0.3, 0.4) is 0 Å². The quantitative estimate of drug-likeness (QED) is 0.563. The van der Waals surface area contributed by atoms with Crippen LogP contribution < -0.4 is 21.9 Å². The summed E-state index contributed by atoms with van der Waals surface area (Å²) in [5, 5.41) is 0. The van der Waals surface area contributed by atoms with Crippen LogP contribution in [0.1, 0.15) is 60.3 Å². The van der Waals surface area contributed by atoms with Gasteiger partial charge in [0.2, 0.25) is 5.91 Å². The first-order valence-corrected chi connectivity index (χ1v) is 10.4. The summed E-state index contributed by atoms with van der Waals surface area (Å²) < 4.78 is 1.35. The molecule has 3 N–H and O–H groups in total. The number of nitrogen functional groups attached to an aromatic ring is 1. The molecule has 1 rings (SSSR count). The van der Waals surface area contributed by atoms with Crippen molar-refractivity contribution in [3.05, 3.63) is 20.8 Å². The van der Waals surface area contributed by atoms with Crippen LogP contribution in [0.4, 0.5) is 11.5 Å². The fraction of sp³-hybridized carbons (Fsp3) is 0.750. The van der Waals surface area contributed by atoms with E-state index in [0.29, 0.717) is 13.1 Å². The maximum atomic E-state index is 13.1. The van der Waals surface area contributed by atoms with E-state index in [1.54, 1.807) is 0 Å². The minimum absolute atomic E-state index is 0.0588. The Morgan fingerprint density at radius 2 is 1.71 bits per heavy atom. The van der Waals surface area contributed by atoms with E-state index < -0.39 is 11.2 Å². The van der Waals surface area contributed by atoms with Crippen LogP contribution in [-0.4, -0.2) is 46.5 Å². The number of aromatic nitrogens is 2. The van der Waals surface area contributed by atoms with Crippen LogP contribution in [0.25, 0.3) is 0 Å². The molecule has 1 heterocycles. The Labute approximate surface area is 167 Å². The number of aromatic amines is 1. The summed E-state index contributed by atoms with van der Waals surface area (Å²) in [6.45, 7) is 12.7. The number of rotatable bonds is 12. The lowest BCUT2D eigenvalue weighted by atomic mass is 10.2. The predicted molar refractivity (Wildman–Crippen MR) is 115 cm³/mol. The predicted octanol–water partition coefficient (Wildman–Crippen LogP) is 2.03. The van der Waals surface area contributed by atoms with Crippen LogP contribution in [0, 0.1) is 5.92 Å². The second-order valence-corrected chi connectivity index (χ2v) is 7.62. The number of nitrogens with one attached hydrogen (secondary N) is 1. The lowest BCUT2D eigenvalue weighted by Crippen LogP contribution is -2.46. The minimum Gasteiger partial charge on any atom is -0.383 e. The highest BCUT2D eigenvalue weighted by molar-refractivity contribution is 5.96. The van der Waals surface area contributed by atoms with Gasteiger partial charge in [-0.05, 0) is 31.8 Å². The van der Waals surface area contributed by atoms with Crippen molar-refractivity contribution >= 4 is 17.4 Å². The van der Waals surface area contributed by atoms with Crippen molar-refractivity contribution in [1.82, 2.24) is 14.5 Å². The molecule has 0 radical (unpaired) electrons. The normalized spacial score (nSPS) is 11.4. The number of H-pyrrole nitrogens is 1. The maximum absolute atomic E-state index is 13.1. The summed E-state index contributed by atoms with van der Waals surface area (Å²) in [5.41, 5.74) is 5.16. The third-order valence-corrected chi connectivity index (χ3v) is 4.70. The lowest BCUT2D eigenvalue weighted by molar-refractivity contribution is -0.119. The molecule has 160 valence electrons. The molecule has 0 unspecified atom stereocenters. The van der Waals surface area contributed by atoms with E-state index in [2.05, 4.69) is 16.8 Å². The Morgan fingerprint density at radius 1 is 1.11 bits per heavy atom. The second-order valence-electron chi connectivity index (χ2n) is 7.62. The number of carbonyl (C=O) groups excluding carboxylic acids is 1. The Kier molecular flexibility index (Phi) is 9.99. The summed E-state index contributed by atoms with van der Waals surface area (Å²) in [6.07, 6.45) is 3.69. The Bertz CT molecular complexity index is 738. The van der Waals surface area contributed by atoms with Gasteiger partial charge >= 0.3 is 5.69 Å². The summed E-state index contributed by atoms with van der Waals surface area (Å²) in [4.78, 5) is 43.7. The van der Waals surface area contributed by atoms with Crippen LogP contribution >= 0.6 is 0 Å². The summed E-state index contributed by atoms with van der Waals surface area (Å²) >= 11 is 0. The Morgan fingerprint density at radius 3 is 2.25 bits per heavy atom. The van der Waals surface area contributed by atoms with E-state index in [4.69, 9.17) is 5.73 Å².